The minimum Gasteiger partial charge on any atom is -0.302 e. The second-order valence-corrected chi connectivity index (χ2v) is 5.52. The molecule has 1 aliphatic heterocycles. The molecule has 0 spiro atoms. The van der Waals surface area contributed by atoms with E-state index < -0.39 is 0 Å². The average Bonchev–Trinajstić information content (AvgIpc) is 2.34. The van der Waals surface area contributed by atoms with Gasteiger partial charge in [0.05, 0.1) is 5.60 Å². The molecule has 0 fully saturated rings. The van der Waals surface area contributed by atoms with Crippen LogP contribution in [-0.4, -0.2) is 18.1 Å². The van der Waals surface area contributed by atoms with E-state index in [0.29, 0.717) is 0 Å². The SMILES string of the molecule is CC(C)(C)ONC(=O)C1NCCc2ccccc21. The zero-order valence-corrected chi connectivity index (χ0v) is 11.1. The van der Waals surface area contributed by atoms with Crippen molar-refractivity contribution in [1.82, 2.24) is 10.8 Å². The number of amides is 1. The van der Waals surface area contributed by atoms with E-state index >= 15 is 0 Å². The first-order valence-corrected chi connectivity index (χ1v) is 6.26. The normalized spacial score (nSPS) is 19.2. The fourth-order valence-corrected chi connectivity index (χ4v) is 2.00. The van der Waals surface area contributed by atoms with E-state index in [9.17, 15) is 4.79 Å². The first-order valence-electron chi connectivity index (χ1n) is 6.26. The molecular weight excluding hydrogens is 228 g/mol. The Morgan fingerprint density at radius 3 is 2.83 bits per heavy atom. The number of carbonyl (C=O) groups excluding carboxylic acids is 1. The van der Waals surface area contributed by atoms with Crippen LogP contribution < -0.4 is 10.8 Å². The Balaban J connectivity index is 2.08. The van der Waals surface area contributed by atoms with Crippen molar-refractivity contribution in [3.8, 4) is 0 Å². The summed E-state index contributed by atoms with van der Waals surface area (Å²) in [5.41, 5.74) is 4.42. The van der Waals surface area contributed by atoms with Crippen LogP contribution in [0.5, 0.6) is 0 Å². The Morgan fingerprint density at radius 2 is 2.11 bits per heavy atom. The molecule has 98 valence electrons. The maximum atomic E-state index is 12.1. The molecule has 1 heterocycles. The van der Waals surface area contributed by atoms with Crippen LogP contribution in [-0.2, 0) is 16.1 Å². The van der Waals surface area contributed by atoms with Crippen molar-refractivity contribution in [3.63, 3.8) is 0 Å². The lowest BCUT2D eigenvalue weighted by molar-refractivity contribution is -0.148. The van der Waals surface area contributed by atoms with Crippen LogP contribution in [0.15, 0.2) is 24.3 Å². The predicted molar refractivity (Wildman–Crippen MR) is 69.9 cm³/mol. The number of rotatable bonds is 2. The number of hydroxylamine groups is 1. The Morgan fingerprint density at radius 1 is 1.39 bits per heavy atom. The second-order valence-electron chi connectivity index (χ2n) is 5.52. The molecule has 0 saturated carbocycles. The van der Waals surface area contributed by atoms with Gasteiger partial charge in [-0.05, 0) is 38.3 Å². The lowest BCUT2D eigenvalue weighted by Crippen LogP contribution is -2.43. The quantitative estimate of drug-likeness (QED) is 0.784. The van der Waals surface area contributed by atoms with Gasteiger partial charge < -0.3 is 5.32 Å². The van der Waals surface area contributed by atoms with Gasteiger partial charge in [0, 0.05) is 6.54 Å². The van der Waals surface area contributed by atoms with Gasteiger partial charge in [0.2, 0.25) is 0 Å². The minimum atomic E-state index is -0.385. The van der Waals surface area contributed by atoms with Crippen LogP contribution in [0.25, 0.3) is 0 Å². The van der Waals surface area contributed by atoms with Gasteiger partial charge in [0.25, 0.3) is 5.91 Å². The summed E-state index contributed by atoms with van der Waals surface area (Å²) in [4.78, 5) is 17.4. The van der Waals surface area contributed by atoms with Gasteiger partial charge in [0.15, 0.2) is 0 Å². The van der Waals surface area contributed by atoms with E-state index in [2.05, 4.69) is 16.9 Å². The third-order valence-corrected chi connectivity index (χ3v) is 2.83. The molecule has 2 N–H and O–H groups in total. The Bertz CT molecular complexity index is 438. The molecule has 0 saturated heterocycles. The maximum Gasteiger partial charge on any atom is 0.265 e. The summed E-state index contributed by atoms with van der Waals surface area (Å²) in [5.74, 6) is -0.142. The third-order valence-electron chi connectivity index (χ3n) is 2.83. The number of hydrogen-bond acceptors (Lipinski definition) is 3. The standard InChI is InChI=1S/C14H20N2O2/c1-14(2,3)18-16-13(17)12-11-7-5-4-6-10(11)8-9-15-12/h4-7,12,15H,8-9H2,1-3H3,(H,16,17). The second kappa shape index (κ2) is 5.08. The van der Waals surface area contributed by atoms with Crippen molar-refractivity contribution < 1.29 is 9.63 Å². The lowest BCUT2D eigenvalue weighted by Gasteiger charge is -2.27. The smallest absolute Gasteiger partial charge is 0.265 e. The summed E-state index contributed by atoms with van der Waals surface area (Å²) in [7, 11) is 0. The van der Waals surface area contributed by atoms with Gasteiger partial charge in [-0.15, -0.1) is 0 Å². The molecule has 0 aliphatic carbocycles. The molecular formula is C14H20N2O2. The Hall–Kier alpha value is -1.39. The number of carbonyl (C=O) groups is 1. The zero-order chi connectivity index (χ0) is 13.2. The molecule has 18 heavy (non-hydrogen) atoms. The number of benzene rings is 1. The molecule has 1 amide bonds. The third kappa shape index (κ3) is 3.09. The highest BCUT2D eigenvalue weighted by atomic mass is 16.7. The molecule has 0 aromatic heterocycles. The lowest BCUT2D eigenvalue weighted by atomic mass is 9.94. The van der Waals surface area contributed by atoms with Crippen LogP contribution in [0.2, 0.25) is 0 Å². The molecule has 1 aromatic carbocycles. The number of hydrogen-bond donors (Lipinski definition) is 2. The van der Waals surface area contributed by atoms with E-state index in [1.807, 2.05) is 39.0 Å². The van der Waals surface area contributed by atoms with E-state index in [-0.39, 0.29) is 17.6 Å². The van der Waals surface area contributed by atoms with Gasteiger partial charge in [-0.25, -0.2) is 5.48 Å². The van der Waals surface area contributed by atoms with Crippen LogP contribution in [0.4, 0.5) is 0 Å². The van der Waals surface area contributed by atoms with E-state index in [1.165, 1.54) is 5.56 Å². The van der Waals surface area contributed by atoms with Crippen molar-refractivity contribution in [2.45, 2.75) is 38.8 Å². The molecule has 0 bridgehead atoms. The first-order chi connectivity index (χ1) is 8.47. The van der Waals surface area contributed by atoms with Gasteiger partial charge in [-0.2, -0.15) is 0 Å². The highest BCUT2D eigenvalue weighted by molar-refractivity contribution is 5.83. The molecule has 4 heteroatoms. The Labute approximate surface area is 108 Å². The number of nitrogens with one attached hydrogen (secondary N) is 2. The largest absolute Gasteiger partial charge is 0.302 e. The minimum absolute atomic E-state index is 0.142. The fraction of sp³-hybridized carbons (Fsp3) is 0.500. The zero-order valence-electron chi connectivity index (χ0n) is 11.1. The van der Waals surface area contributed by atoms with Gasteiger partial charge in [-0.3, -0.25) is 9.63 Å². The number of fused-ring (bicyclic) bond motifs is 1. The van der Waals surface area contributed by atoms with Crippen LogP contribution in [0, 0.1) is 0 Å². The van der Waals surface area contributed by atoms with Gasteiger partial charge >= 0.3 is 0 Å². The van der Waals surface area contributed by atoms with E-state index in [4.69, 9.17) is 4.84 Å². The summed E-state index contributed by atoms with van der Waals surface area (Å²) >= 11 is 0. The Kier molecular flexibility index (Phi) is 3.68. The van der Waals surface area contributed by atoms with Crippen LogP contribution in [0.3, 0.4) is 0 Å². The molecule has 1 unspecified atom stereocenters. The van der Waals surface area contributed by atoms with Gasteiger partial charge in [-0.1, -0.05) is 24.3 Å². The average molecular weight is 248 g/mol. The van der Waals surface area contributed by atoms with Crippen molar-refractivity contribution in [3.05, 3.63) is 35.4 Å². The van der Waals surface area contributed by atoms with Crippen molar-refractivity contribution in [1.29, 1.82) is 0 Å². The molecule has 0 radical (unpaired) electrons. The molecule has 4 nitrogen and oxygen atoms in total. The molecule has 1 atom stereocenters. The van der Waals surface area contributed by atoms with Crippen LogP contribution in [0.1, 0.15) is 37.9 Å². The van der Waals surface area contributed by atoms with E-state index in [0.717, 1.165) is 18.5 Å². The highest BCUT2D eigenvalue weighted by Gasteiger charge is 2.26. The van der Waals surface area contributed by atoms with Crippen molar-refractivity contribution in [2.75, 3.05) is 6.54 Å². The van der Waals surface area contributed by atoms with E-state index in [1.54, 1.807) is 0 Å². The summed E-state index contributed by atoms with van der Waals surface area (Å²) in [5, 5.41) is 3.22. The van der Waals surface area contributed by atoms with Crippen molar-refractivity contribution in [2.24, 2.45) is 0 Å². The maximum absolute atomic E-state index is 12.1. The van der Waals surface area contributed by atoms with Crippen LogP contribution >= 0.6 is 0 Å². The molecule has 1 aromatic rings. The monoisotopic (exact) mass is 248 g/mol. The fourth-order valence-electron chi connectivity index (χ4n) is 2.00. The molecule has 1 aliphatic rings. The predicted octanol–water partition coefficient (Wildman–Crippen LogP) is 1.72. The van der Waals surface area contributed by atoms with Gasteiger partial charge in [0.1, 0.15) is 6.04 Å². The molecule has 2 rings (SSSR count). The van der Waals surface area contributed by atoms with Crippen molar-refractivity contribution >= 4 is 5.91 Å². The summed E-state index contributed by atoms with van der Waals surface area (Å²) in [6, 6.07) is 7.70. The highest BCUT2D eigenvalue weighted by Crippen LogP contribution is 2.22. The summed E-state index contributed by atoms with van der Waals surface area (Å²) < 4.78 is 0. The summed E-state index contributed by atoms with van der Waals surface area (Å²) in [6.45, 7) is 6.51. The topological polar surface area (TPSA) is 50.4 Å². The first kappa shape index (κ1) is 13.1. The summed E-state index contributed by atoms with van der Waals surface area (Å²) in [6.07, 6.45) is 0.958.